The van der Waals surface area contributed by atoms with Crippen molar-refractivity contribution in [2.75, 3.05) is 13.2 Å². The summed E-state index contributed by atoms with van der Waals surface area (Å²) in [7, 11) is 0. The number of benzene rings is 1. The van der Waals surface area contributed by atoms with Gasteiger partial charge in [-0.3, -0.25) is 0 Å². The molecular formula is C17H24O3. The van der Waals surface area contributed by atoms with Gasteiger partial charge in [0.2, 0.25) is 0 Å². The molecule has 1 fully saturated rings. The van der Waals surface area contributed by atoms with Crippen LogP contribution in [0, 0.1) is 0 Å². The molecule has 1 aliphatic heterocycles. The molecular weight excluding hydrogens is 252 g/mol. The highest BCUT2D eigenvalue weighted by Crippen LogP contribution is 2.27. The van der Waals surface area contributed by atoms with Crippen molar-refractivity contribution in [3.63, 3.8) is 0 Å². The van der Waals surface area contributed by atoms with E-state index in [-0.39, 0.29) is 12.7 Å². The fraction of sp³-hybridized carbons (Fsp3) is 0.529. The maximum atomic E-state index is 8.65. The molecule has 0 spiro atoms. The van der Waals surface area contributed by atoms with Crippen LogP contribution in [0.2, 0.25) is 0 Å². The molecule has 0 saturated carbocycles. The van der Waals surface area contributed by atoms with Crippen molar-refractivity contribution in [2.45, 2.75) is 44.5 Å². The van der Waals surface area contributed by atoms with Crippen LogP contribution >= 0.6 is 0 Å². The van der Waals surface area contributed by atoms with E-state index >= 15 is 0 Å². The number of rotatable bonds is 10. The summed E-state index contributed by atoms with van der Waals surface area (Å²) < 4.78 is 11.2. The summed E-state index contributed by atoms with van der Waals surface area (Å²) in [4.78, 5) is 0. The largest absolute Gasteiger partial charge is 0.396 e. The molecule has 0 amide bonds. The van der Waals surface area contributed by atoms with Crippen LogP contribution in [0.25, 0.3) is 0 Å². The van der Waals surface area contributed by atoms with Gasteiger partial charge in [0.25, 0.3) is 0 Å². The van der Waals surface area contributed by atoms with Crippen LogP contribution in [0.3, 0.4) is 0 Å². The molecule has 1 aromatic rings. The zero-order valence-electron chi connectivity index (χ0n) is 11.9. The SMILES string of the molecule is OCCC/C=C\CC[C@@H]1O[C@@H]1COCc1ccccc1. The third-order valence-electron chi connectivity index (χ3n) is 3.39. The van der Waals surface area contributed by atoms with Crippen LogP contribution in [0.15, 0.2) is 42.5 Å². The highest BCUT2D eigenvalue weighted by molar-refractivity contribution is 5.13. The number of epoxide rings is 1. The molecule has 1 aliphatic rings. The Morgan fingerprint density at radius 1 is 1.10 bits per heavy atom. The van der Waals surface area contributed by atoms with Gasteiger partial charge in [-0.2, -0.15) is 0 Å². The Bertz CT molecular complexity index is 388. The highest BCUT2D eigenvalue weighted by Gasteiger charge is 2.37. The number of hydrogen-bond acceptors (Lipinski definition) is 3. The van der Waals surface area contributed by atoms with Gasteiger partial charge in [0.05, 0.1) is 19.3 Å². The van der Waals surface area contributed by atoms with E-state index in [0.717, 1.165) is 25.7 Å². The number of ether oxygens (including phenoxy) is 2. The second kappa shape index (κ2) is 8.90. The Balaban J connectivity index is 1.48. The lowest BCUT2D eigenvalue weighted by atomic mass is 10.2. The van der Waals surface area contributed by atoms with Crippen LogP contribution in [-0.4, -0.2) is 30.5 Å². The number of hydrogen-bond donors (Lipinski definition) is 1. The average Bonchev–Trinajstić information content (AvgIpc) is 3.22. The van der Waals surface area contributed by atoms with Crippen LogP contribution in [0.4, 0.5) is 0 Å². The molecule has 2 atom stereocenters. The zero-order chi connectivity index (χ0) is 14.0. The minimum Gasteiger partial charge on any atom is -0.396 e. The van der Waals surface area contributed by atoms with E-state index in [4.69, 9.17) is 14.6 Å². The van der Waals surface area contributed by atoms with E-state index in [9.17, 15) is 0 Å². The Morgan fingerprint density at radius 3 is 2.70 bits per heavy atom. The summed E-state index contributed by atoms with van der Waals surface area (Å²) in [5.74, 6) is 0. The molecule has 2 rings (SSSR count). The topological polar surface area (TPSA) is 42.0 Å². The van der Waals surface area contributed by atoms with Gasteiger partial charge in [0.1, 0.15) is 6.10 Å². The third-order valence-corrected chi connectivity index (χ3v) is 3.39. The van der Waals surface area contributed by atoms with Gasteiger partial charge < -0.3 is 14.6 Å². The second-order valence-corrected chi connectivity index (χ2v) is 5.13. The lowest BCUT2D eigenvalue weighted by Gasteiger charge is -2.01. The normalized spacial score (nSPS) is 21.4. The van der Waals surface area contributed by atoms with E-state index in [1.54, 1.807) is 0 Å². The smallest absolute Gasteiger partial charge is 0.107 e. The van der Waals surface area contributed by atoms with Crippen molar-refractivity contribution in [3.8, 4) is 0 Å². The van der Waals surface area contributed by atoms with Gasteiger partial charge in [0.15, 0.2) is 0 Å². The minimum absolute atomic E-state index is 0.275. The van der Waals surface area contributed by atoms with E-state index in [0.29, 0.717) is 19.3 Å². The molecule has 3 heteroatoms. The minimum atomic E-state index is 0.275. The van der Waals surface area contributed by atoms with Gasteiger partial charge in [-0.05, 0) is 31.2 Å². The third kappa shape index (κ3) is 5.87. The first-order chi connectivity index (χ1) is 9.90. The molecule has 1 aromatic carbocycles. The first-order valence-corrected chi connectivity index (χ1v) is 7.43. The highest BCUT2D eigenvalue weighted by atomic mass is 16.6. The molecule has 0 unspecified atom stereocenters. The standard InChI is InChI=1S/C17H24O3/c18-12-8-3-1-2-7-11-16-17(20-16)14-19-13-15-9-5-4-6-10-15/h1-2,4-6,9-10,16-18H,3,7-8,11-14H2/b2-1-/t16-,17+/m0/s1. The second-order valence-electron chi connectivity index (χ2n) is 5.13. The predicted octanol–water partition coefficient (Wildman–Crippen LogP) is 3.08. The molecule has 1 heterocycles. The molecule has 1 N–H and O–H groups in total. The Labute approximate surface area is 121 Å². The number of aliphatic hydroxyl groups is 1. The maximum Gasteiger partial charge on any atom is 0.107 e. The quantitative estimate of drug-likeness (QED) is 0.406. The van der Waals surface area contributed by atoms with Gasteiger partial charge in [0, 0.05) is 6.61 Å². The van der Waals surface area contributed by atoms with Gasteiger partial charge in [-0.25, -0.2) is 0 Å². The number of allylic oxidation sites excluding steroid dienone is 2. The molecule has 110 valence electrons. The van der Waals surface area contributed by atoms with Crippen LogP contribution in [0.5, 0.6) is 0 Å². The van der Waals surface area contributed by atoms with Crippen molar-refractivity contribution in [3.05, 3.63) is 48.0 Å². The number of unbranched alkanes of at least 4 members (excludes halogenated alkanes) is 1. The summed E-state index contributed by atoms with van der Waals surface area (Å²) >= 11 is 0. The zero-order valence-corrected chi connectivity index (χ0v) is 11.9. The van der Waals surface area contributed by atoms with E-state index < -0.39 is 0 Å². The van der Waals surface area contributed by atoms with Gasteiger partial charge in [-0.1, -0.05) is 42.5 Å². The molecule has 20 heavy (non-hydrogen) atoms. The first-order valence-electron chi connectivity index (χ1n) is 7.43. The van der Waals surface area contributed by atoms with Crippen molar-refractivity contribution in [1.29, 1.82) is 0 Å². The van der Waals surface area contributed by atoms with Crippen molar-refractivity contribution in [2.24, 2.45) is 0 Å². The van der Waals surface area contributed by atoms with Crippen LogP contribution in [0.1, 0.15) is 31.2 Å². The predicted molar refractivity (Wildman–Crippen MR) is 79.5 cm³/mol. The van der Waals surface area contributed by atoms with Crippen LogP contribution < -0.4 is 0 Å². The lowest BCUT2D eigenvalue weighted by molar-refractivity contribution is 0.104. The summed E-state index contributed by atoms with van der Waals surface area (Å²) in [5.41, 5.74) is 1.21. The maximum absolute atomic E-state index is 8.65. The molecule has 3 nitrogen and oxygen atoms in total. The molecule has 0 bridgehead atoms. The van der Waals surface area contributed by atoms with E-state index in [1.807, 2.05) is 18.2 Å². The summed E-state index contributed by atoms with van der Waals surface area (Å²) in [5, 5.41) is 8.65. The lowest BCUT2D eigenvalue weighted by Crippen LogP contribution is -2.04. The molecule has 0 aliphatic carbocycles. The fourth-order valence-electron chi connectivity index (χ4n) is 2.15. The first kappa shape index (κ1) is 15.2. The van der Waals surface area contributed by atoms with Gasteiger partial charge in [-0.15, -0.1) is 0 Å². The Hall–Kier alpha value is -1.16. The van der Waals surface area contributed by atoms with Gasteiger partial charge >= 0.3 is 0 Å². The number of aliphatic hydroxyl groups excluding tert-OH is 1. The summed E-state index contributed by atoms with van der Waals surface area (Å²) in [6, 6.07) is 10.2. The van der Waals surface area contributed by atoms with Crippen molar-refractivity contribution < 1.29 is 14.6 Å². The molecule has 1 saturated heterocycles. The fourth-order valence-corrected chi connectivity index (χ4v) is 2.15. The van der Waals surface area contributed by atoms with Crippen molar-refractivity contribution >= 4 is 0 Å². The monoisotopic (exact) mass is 276 g/mol. The summed E-state index contributed by atoms with van der Waals surface area (Å²) in [6.07, 6.45) is 8.90. The van der Waals surface area contributed by atoms with Crippen LogP contribution in [-0.2, 0) is 16.1 Å². The Kier molecular flexibility index (Phi) is 6.78. The average molecular weight is 276 g/mol. The van der Waals surface area contributed by atoms with Crippen molar-refractivity contribution in [1.82, 2.24) is 0 Å². The molecule has 0 aromatic heterocycles. The molecule has 0 radical (unpaired) electrons. The summed E-state index contributed by atoms with van der Waals surface area (Å²) in [6.45, 7) is 1.62. The Morgan fingerprint density at radius 2 is 1.90 bits per heavy atom. The van der Waals surface area contributed by atoms with E-state index in [2.05, 4.69) is 24.3 Å². The van der Waals surface area contributed by atoms with E-state index in [1.165, 1.54) is 5.56 Å².